The van der Waals surface area contributed by atoms with Gasteiger partial charge in [-0.05, 0) is 31.2 Å². The summed E-state index contributed by atoms with van der Waals surface area (Å²) in [5.41, 5.74) is 1.06. The molecule has 0 aliphatic carbocycles. The van der Waals surface area contributed by atoms with E-state index in [0.717, 1.165) is 0 Å². The molecule has 1 aromatic heterocycles. The van der Waals surface area contributed by atoms with Crippen LogP contribution < -0.4 is 14.5 Å². The number of rotatable bonds is 3. The van der Waals surface area contributed by atoms with Gasteiger partial charge in [-0.1, -0.05) is 0 Å². The predicted molar refractivity (Wildman–Crippen MR) is 77.8 cm³/mol. The molecule has 0 bridgehead atoms. The van der Waals surface area contributed by atoms with Crippen LogP contribution >= 0.6 is 0 Å². The summed E-state index contributed by atoms with van der Waals surface area (Å²) in [6.07, 6.45) is 4.68. The second kappa shape index (κ2) is 5.62. The number of nitrogens with zero attached hydrogens (tertiary/aromatic N) is 3. The number of anilines is 1. The third-order valence-electron chi connectivity index (χ3n) is 2.93. The summed E-state index contributed by atoms with van der Waals surface area (Å²) in [4.78, 5) is 16.5. The minimum Gasteiger partial charge on any atom is -0.454 e. The Morgan fingerprint density at radius 3 is 2.95 bits per heavy atom. The monoisotopic (exact) mass is 283 g/mol. The molecule has 0 radical (unpaired) electrons. The number of ether oxygens (including phenoxy) is 2. The van der Waals surface area contributed by atoms with Gasteiger partial charge in [-0.3, -0.25) is 9.78 Å². The summed E-state index contributed by atoms with van der Waals surface area (Å²) in [6.45, 7) is 1.93. The van der Waals surface area contributed by atoms with Crippen molar-refractivity contribution in [2.45, 2.75) is 6.92 Å². The van der Waals surface area contributed by atoms with Crippen molar-refractivity contribution in [2.24, 2.45) is 5.10 Å². The van der Waals surface area contributed by atoms with Crippen LogP contribution in [0.4, 0.5) is 5.69 Å². The van der Waals surface area contributed by atoms with E-state index in [0.29, 0.717) is 22.7 Å². The Labute approximate surface area is 121 Å². The number of hydrazone groups is 1. The van der Waals surface area contributed by atoms with Crippen LogP contribution in [0.15, 0.2) is 47.8 Å². The molecule has 2 aromatic rings. The van der Waals surface area contributed by atoms with Gasteiger partial charge in [-0.2, -0.15) is 10.1 Å². The van der Waals surface area contributed by atoms with Crippen LogP contribution in [0.3, 0.4) is 0 Å². The van der Waals surface area contributed by atoms with Crippen molar-refractivity contribution >= 4 is 17.8 Å². The molecule has 1 amide bonds. The second-order valence-corrected chi connectivity index (χ2v) is 4.27. The van der Waals surface area contributed by atoms with E-state index in [1.165, 1.54) is 11.2 Å². The van der Waals surface area contributed by atoms with Gasteiger partial charge in [0.05, 0.1) is 11.3 Å². The lowest BCUT2D eigenvalue weighted by atomic mass is 10.2. The molecule has 0 N–H and O–H groups in total. The number of fused-ring (bicyclic) bond motifs is 1. The Balaban J connectivity index is 1.97. The zero-order chi connectivity index (χ0) is 14.7. The van der Waals surface area contributed by atoms with E-state index in [2.05, 4.69) is 10.1 Å². The molecule has 106 valence electrons. The number of hydrogen-bond acceptors (Lipinski definition) is 5. The molecular formula is C15H13N3O3. The van der Waals surface area contributed by atoms with Crippen molar-refractivity contribution in [1.82, 2.24) is 4.98 Å². The summed E-state index contributed by atoms with van der Waals surface area (Å²) in [5.74, 6) is 0.996. The molecule has 0 fully saturated rings. The van der Waals surface area contributed by atoms with Crippen molar-refractivity contribution in [1.29, 1.82) is 0 Å². The van der Waals surface area contributed by atoms with E-state index in [1.54, 1.807) is 49.7 Å². The molecule has 0 spiro atoms. The lowest BCUT2D eigenvalue weighted by Crippen LogP contribution is -2.25. The fourth-order valence-corrected chi connectivity index (χ4v) is 1.98. The van der Waals surface area contributed by atoms with Crippen molar-refractivity contribution in [3.8, 4) is 11.5 Å². The van der Waals surface area contributed by atoms with Gasteiger partial charge in [-0.25, -0.2) is 0 Å². The van der Waals surface area contributed by atoms with Crippen molar-refractivity contribution in [2.75, 3.05) is 11.8 Å². The van der Waals surface area contributed by atoms with Gasteiger partial charge in [0.15, 0.2) is 11.5 Å². The summed E-state index contributed by atoms with van der Waals surface area (Å²) >= 11 is 0. The fourth-order valence-electron chi connectivity index (χ4n) is 1.98. The van der Waals surface area contributed by atoms with Gasteiger partial charge in [0.25, 0.3) is 5.91 Å². The minimum atomic E-state index is -0.264. The number of hydrogen-bond donors (Lipinski definition) is 0. The molecule has 0 atom stereocenters. The van der Waals surface area contributed by atoms with Crippen LogP contribution in [0.25, 0.3) is 0 Å². The predicted octanol–water partition coefficient (Wildman–Crippen LogP) is 2.46. The fraction of sp³-hybridized carbons (Fsp3) is 0.133. The molecule has 21 heavy (non-hydrogen) atoms. The molecule has 6 nitrogen and oxygen atoms in total. The third kappa shape index (κ3) is 2.55. The molecule has 3 rings (SSSR count). The van der Waals surface area contributed by atoms with E-state index in [9.17, 15) is 4.79 Å². The number of carbonyl (C=O) groups excluding carboxylic acids is 1. The van der Waals surface area contributed by atoms with Gasteiger partial charge in [0, 0.05) is 24.7 Å². The highest BCUT2D eigenvalue weighted by atomic mass is 16.7. The SMILES string of the molecule is CC=NN(C(=O)c1cccnc1)c1ccc2c(c1)OCO2. The maximum absolute atomic E-state index is 12.5. The molecule has 0 saturated carbocycles. The number of pyridine rings is 1. The van der Waals surface area contributed by atoms with Crippen LogP contribution in [0.5, 0.6) is 11.5 Å². The highest BCUT2D eigenvalue weighted by Gasteiger charge is 2.20. The first-order chi connectivity index (χ1) is 10.3. The first-order valence-electron chi connectivity index (χ1n) is 6.42. The molecule has 1 aliphatic rings. The molecule has 6 heteroatoms. The van der Waals surface area contributed by atoms with Crippen LogP contribution in [0.2, 0.25) is 0 Å². The van der Waals surface area contributed by atoms with Crippen molar-refractivity contribution in [3.63, 3.8) is 0 Å². The molecule has 0 unspecified atom stereocenters. The lowest BCUT2D eigenvalue weighted by Gasteiger charge is -2.17. The Kier molecular flexibility index (Phi) is 3.51. The summed E-state index contributed by atoms with van der Waals surface area (Å²) in [5, 5.41) is 5.44. The zero-order valence-electron chi connectivity index (χ0n) is 11.4. The van der Waals surface area contributed by atoms with Crippen LogP contribution in [0.1, 0.15) is 17.3 Å². The van der Waals surface area contributed by atoms with Gasteiger partial charge in [-0.15, -0.1) is 0 Å². The molecular weight excluding hydrogens is 270 g/mol. The Morgan fingerprint density at radius 1 is 1.33 bits per heavy atom. The second-order valence-electron chi connectivity index (χ2n) is 4.27. The minimum absolute atomic E-state index is 0.187. The first kappa shape index (κ1) is 13.1. The maximum Gasteiger partial charge on any atom is 0.280 e. The standard InChI is InChI=1S/C15H13N3O3/c1-2-17-18(15(19)11-4-3-7-16-9-11)12-5-6-13-14(8-12)21-10-20-13/h2-9H,10H2,1H3. The van der Waals surface area contributed by atoms with E-state index in [4.69, 9.17) is 9.47 Å². The van der Waals surface area contributed by atoms with Crippen molar-refractivity contribution < 1.29 is 14.3 Å². The molecule has 1 aliphatic heterocycles. The molecule has 0 saturated heterocycles. The lowest BCUT2D eigenvalue weighted by molar-refractivity contribution is 0.0987. The number of amides is 1. The van der Waals surface area contributed by atoms with Crippen LogP contribution in [0, 0.1) is 0 Å². The van der Waals surface area contributed by atoms with E-state index >= 15 is 0 Å². The third-order valence-corrected chi connectivity index (χ3v) is 2.93. The van der Waals surface area contributed by atoms with Crippen molar-refractivity contribution in [3.05, 3.63) is 48.3 Å². The topological polar surface area (TPSA) is 64.0 Å². The number of benzene rings is 1. The number of carbonyl (C=O) groups is 1. The average Bonchev–Trinajstić information content (AvgIpc) is 3.00. The van der Waals surface area contributed by atoms with Gasteiger partial charge in [0.1, 0.15) is 0 Å². The summed E-state index contributed by atoms with van der Waals surface area (Å²) < 4.78 is 10.6. The van der Waals surface area contributed by atoms with E-state index in [1.807, 2.05) is 0 Å². The Bertz CT molecular complexity index is 686. The summed E-state index contributed by atoms with van der Waals surface area (Å²) in [6, 6.07) is 8.64. The summed E-state index contributed by atoms with van der Waals surface area (Å²) in [7, 11) is 0. The van der Waals surface area contributed by atoms with Crippen LogP contribution in [-0.2, 0) is 0 Å². The van der Waals surface area contributed by atoms with E-state index in [-0.39, 0.29) is 12.7 Å². The first-order valence-corrected chi connectivity index (χ1v) is 6.42. The van der Waals surface area contributed by atoms with Crippen LogP contribution in [-0.4, -0.2) is 23.9 Å². The van der Waals surface area contributed by atoms with E-state index < -0.39 is 0 Å². The highest BCUT2D eigenvalue weighted by molar-refractivity contribution is 6.06. The largest absolute Gasteiger partial charge is 0.454 e. The number of aromatic nitrogens is 1. The van der Waals surface area contributed by atoms with Gasteiger partial charge >= 0.3 is 0 Å². The maximum atomic E-state index is 12.5. The Hall–Kier alpha value is -2.89. The smallest absolute Gasteiger partial charge is 0.280 e. The van der Waals surface area contributed by atoms with Gasteiger partial charge in [0.2, 0.25) is 6.79 Å². The van der Waals surface area contributed by atoms with Gasteiger partial charge < -0.3 is 9.47 Å². The molecule has 1 aromatic carbocycles. The normalized spacial score (nSPS) is 12.6. The average molecular weight is 283 g/mol. The highest BCUT2D eigenvalue weighted by Crippen LogP contribution is 2.35. The Morgan fingerprint density at radius 2 is 2.19 bits per heavy atom. The quantitative estimate of drug-likeness (QED) is 0.641. The zero-order valence-corrected chi connectivity index (χ0v) is 11.4. The molecule has 2 heterocycles.